The van der Waals surface area contributed by atoms with Crippen molar-refractivity contribution in [1.82, 2.24) is 10.2 Å². The number of nitrogens with zero attached hydrogens (tertiary/aromatic N) is 3. The summed E-state index contributed by atoms with van der Waals surface area (Å²) in [5, 5.41) is 11.5. The second-order valence-electron chi connectivity index (χ2n) is 8.24. The van der Waals surface area contributed by atoms with Crippen LogP contribution in [-0.2, 0) is 19.4 Å². The molecule has 2 aromatic carbocycles. The van der Waals surface area contributed by atoms with E-state index in [0.29, 0.717) is 18.0 Å². The highest BCUT2D eigenvalue weighted by Crippen LogP contribution is 2.34. The zero-order chi connectivity index (χ0) is 23.8. The molecule has 1 N–H and O–H groups in total. The van der Waals surface area contributed by atoms with Crippen LogP contribution >= 0.6 is 11.3 Å². The fourth-order valence-electron chi connectivity index (χ4n) is 3.62. The second-order valence-corrected chi connectivity index (χ2v) is 11.2. The maximum absolute atomic E-state index is 12.6. The summed E-state index contributed by atoms with van der Waals surface area (Å²) in [6, 6.07) is 12.3. The number of anilines is 2. The van der Waals surface area contributed by atoms with E-state index >= 15 is 0 Å². The number of aryl methyl sites for hydroxylation is 3. The van der Waals surface area contributed by atoms with E-state index in [2.05, 4.69) is 15.5 Å². The van der Waals surface area contributed by atoms with Crippen LogP contribution in [0.4, 0.5) is 10.8 Å². The van der Waals surface area contributed by atoms with E-state index in [1.165, 1.54) is 12.1 Å². The number of benzene rings is 2. The normalized spacial score (nSPS) is 16.3. The number of sulfone groups is 1. The number of nitrogens with one attached hydrogen (secondary N) is 1. The lowest BCUT2D eigenvalue weighted by atomic mass is 10.1. The number of carbonyl (C=O) groups excluding carboxylic acids is 2. The summed E-state index contributed by atoms with van der Waals surface area (Å²) in [7, 11) is -3.76. The summed E-state index contributed by atoms with van der Waals surface area (Å²) in [6.07, 6.45) is 0.303. The van der Waals surface area contributed by atoms with Crippen LogP contribution in [0.15, 0.2) is 47.4 Å². The predicted octanol–water partition coefficient (Wildman–Crippen LogP) is 3.40. The predicted molar refractivity (Wildman–Crippen MR) is 127 cm³/mol. The molecule has 3 aromatic rings. The van der Waals surface area contributed by atoms with E-state index in [-0.39, 0.29) is 21.9 Å². The highest BCUT2D eigenvalue weighted by Gasteiger charge is 2.34. The fourth-order valence-corrected chi connectivity index (χ4v) is 5.61. The number of hydrogen-bond acceptors (Lipinski definition) is 7. The first-order valence-electron chi connectivity index (χ1n) is 10.4. The van der Waals surface area contributed by atoms with Crippen molar-refractivity contribution in [3.05, 3.63) is 64.2 Å². The molecule has 1 fully saturated rings. The molecule has 1 atom stereocenters. The zero-order valence-electron chi connectivity index (χ0n) is 18.5. The molecule has 0 spiro atoms. The maximum Gasteiger partial charge on any atom is 0.241 e. The second kappa shape index (κ2) is 9.03. The Labute approximate surface area is 196 Å². The third kappa shape index (κ3) is 5.12. The Kier molecular flexibility index (Phi) is 6.31. The average Bonchev–Trinajstić information content (AvgIpc) is 3.36. The third-order valence-corrected chi connectivity index (χ3v) is 8.30. The lowest BCUT2D eigenvalue weighted by Gasteiger charge is -2.17. The molecule has 4 rings (SSSR count). The number of carbonyl (C=O) groups is 2. The van der Waals surface area contributed by atoms with Gasteiger partial charge in [0.1, 0.15) is 10.8 Å². The molecular weight excluding hydrogens is 460 g/mol. The molecule has 33 heavy (non-hydrogen) atoms. The highest BCUT2D eigenvalue weighted by atomic mass is 32.2. The standard InChI is InChI=1S/C23H24N4O4S2/c1-14-4-8-19(9-5-14)33(30,31)13-20(28)24-23-26-25-22(32-23)17-11-21(29)27(12-17)18-7-6-15(2)16(3)10-18/h4-10,17H,11-13H2,1-3H3,(H,24,26,28)/t17-/m0/s1. The van der Waals surface area contributed by atoms with Gasteiger partial charge in [0.05, 0.1) is 4.90 Å². The van der Waals surface area contributed by atoms with Crippen LogP contribution in [0.1, 0.15) is 34.0 Å². The molecule has 2 amide bonds. The quantitative estimate of drug-likeness (QED) is 0.574. The van der Waals surface area contributed by atoms with Gasteiger partial charge in [0.2, 0.25) is 16.9 Å². The Hall–Kier alpha value is -3.11. The molecule has 0 unspecified atom stereocenters. The van der Waals surface area contributed by atoms with E-state index in [0.717, 1.165) is 33.7 Å². The molecule has 1 aromatic heterocycles. The van der Waals surface area contributed by atoms with Crippen molar-refractivity contribution in [3.63, 3.8) is 0 Å². The Bertz CT molecular complexity index is 1320. The summed E-state index contributed by atoms with van der Waals surface area (Å²) >= 11 is 1.16. The summed E-state index contributed by atoms with van der Waals surface area (Å²) in [5.41, 5.74) is 4.06. The van der Waals surface area contributed by atoms with Crippen molar-refractivity contribution in [2.45, 2.75) is 38.0 Å². The van der Waals surface area contributed by atoms with E-state index in [9.17, 15) is 18.0 Å². The molecule has 0 saturated carbocycles. The van der Waals surface area contributed by atoms with Crippen LogP contribution in [0.3, 0.4) is 0 Å². The van der Waals surface area contributed by atoms with E-state index < -0.39 is 21.5 Å². The smallest absolute Gasteiger partial charge is 0.241 e. The van der Waals surface area contributed by atoms with Gasteiger partial charge in [0.15, 0.2) is 9.84 Å². The molecule has 1 aliphatic rings. The van der Waals surface area contributed by atoms with Crippen LogP contribution in [0, 0.1) is 20.8 Å². The van der Waals surface area contributed by atoms with Crippen LogP contribution in [0.25, 0.3) is 0 Å². The summed E-state index contributed by atoms with van der Waals surface area (Å²) in [4.78, 5) is 26.8. The Morgan fingerprint density at radius 1 is 1.09 bits per heavy atom. The van der Waals surface area contributed by atoms with Gasteiger partial charge in [-0.1, -0.05) is 35.1 Å². The molecule has 1 saturated heterocycles. The zero-order valence-corrected chi connectivity index (χ0v) is 20.2. The minimum atomic E-state index is -3.76. The van der Waals surface area contributed by atoms with Gasteiger partial charge in [-0.15, -0.1) is 10.2 Å². The maximum atomic E-state index is 12.6. The van der Waals surface area contributed by atoms with Gasteiger partial charge in [-0.05, 0) is 56.2 Å². The highest BCUT2D eigenvalue weighted by molar-refractivity contribution is 7.92. The molecule has 0 bridgehead atoms. The van der Waals surface area contributed by atoms with E-state index in [4.69, 9.17) is 0 Å². The van der Waals surface area contributed by atoms with Gasteiger partial charge >= 0.3 is 0 Å². The number of hydrogen-bond donors (Lipinski definition) is 1. The third-order valence-electron chi connectivity index (χ3n) is 5.66. The van der Waals surface area contributed by atoms with Gasteiger partial charge in [-0.2, -0.15) is 0 Å². The molecule has 0 aliphatic carbocycles. The van der Waals surface area contributed by atoms with Gasteiger partial charge in [-0.3, -0.25) is 14.9 Å². The minimum absolute atomic E-state index is 0.00762. The Balaban J connectivity index is 1.40. The lowest BCUT2D eigenvalue weighted by molar-refractivity contribution is -0.117. The minimum Gasteiger partial charge on any atom is -0.312 e. The monoisotopic (exact) mass is 484 g/mol. The van der Waals surface area contributed by atoms with Gasteiger partial charge in [0.25, 0.3) is 0 Å². The van der Waals surface area contributed by atoms with Gasteiger partial charge < -0.3 is 4.90 Å². The van der Waals surface area contributed by atoms with E-state index in [1.807, 2.05) is 39.0 Å². The summed E-state index contributed by atoms with van der Waals surface area (Å²) in [6.45, 7) is 6.37. The first kappa shape index (κ1) is 23.1. The van der Waals surface area contributed by atoms with E-state index in [1.54, 1.807) is 17.0 Å². The van der Waals surface area contributed by atoms with Crippen LogP contribution in [0.5, 0.6) is 0 Å². The SMILES string of the molecule is Cc1ccc(S(=O)(=O)CC(=O)Nc2nnc([C@H]3CC(=O)N(c4ccc(C)c(C)c4)C3)s2)cc1. The number of rotatable bonds is 6. The van der Waals surface area contributed by atoms with Crippen molar-refractivity contribution in [1.29, 1.82) is 0 Å². The lowest BCUT2D eigenvalue weighted by Crippen LogP contribution is -2.24. The van der Waals surface area contributed by atoms with Crippen molar-refractivity contribution in [2.24, 2.45) is 0 Å². The van der Waals surface area contributed by atoms with Crippen LogP contribution < -0.4 is 10.2 Å². The number of amides is 2. The van der Waals surface area contributed by atoms with Crippen molar-refractivity contribution < 1.29 is 18.0 Å². The van der Waals surface area contributed by atoms with Crippen molar-refractivity contribution >= 4 is 43.8 Å². The Morgan fingerprint density at radius 2 is 1.82 bits per heavy atom. The van der Waals surface area contributed by atoms with Gasteiger partial charge in [-0.25, -0.2) is 8.42 Å². The molecule has 0 radical (unpaired) electrons. The molecule has 10 heteroatoms. The van der Waals surface area contributed by atoms with Crippen molar-refractivity contribution in [2.75, 3.05) is 22.5 Å². The molecule has 1 aliphatic heterocycles. The fraction of sp³-hybridized carbons (Fsp3) is 0.304. The molecule has 2 heterocycles. The summed E-state index contributed by atoms with van der Waals surface area (Å²) in [5.74, 6) is -1.50. The first-order valence-corrected chi connectivity index (χ1v) is 12.9. The molecule has 172 valence electrons. The Morgan fingerprint density at radius 3 is 2.52 bits per heavy atom. The van der Waals surface area contributed by atoms with Crippen molar-refractivity contribution in [3.8, 4) is 0 Å². The average molecular weight is 485 g/mol. The van der Waals surface area contributed by atoms with Gasteiger partial charge in [0, 0.05) is 24.6 Å². The van der Waals surface area contributed by atoms with Crippen LogP contribution in [-0.4, -0.2) is 42.7 Å². The number of aromatic nitrogens is 2. The molecular formula is C23H24N4O4S2. The topological polar surface area (TPSA) is 109 Å². The largest absolute Gasteiger partial charge is 0.312 e. The van der Waals surface area contributed by atoms with Crippen LogP contribution in [0.2, 0.25) is 0 Å². The molecule has 8 nitrogen and oxygen atoms in total. The first-order chi connectivity index (χ1) is 15.6. The summed E-state index contributed by atoms with van der Waals surface area (Å²) < 4.78 is 24.9.